The van der Waals surface area contributed by atoms with Gasteiger partial charge in [-0.05, 0) is 61.2 Å². The zero-order valence-corrected chi connectivity index (χ0v) is 19.4. The van der Waals surface area contributed by atoms with Gasteiger partial charge in [0.2, 0.25) is 10.9 Å². The lowest BCUT2D eigenvalue weighted by molar-refractivity contribution is 0.0970. The third-order valence-corrected chi connectivity index (χ3v) is 6.67. The Kier molecular flexibility index (Phi) is 5.46. The quantitative estimate of drug-likeness (QED) is 0.367. The maximum absolute atomic E-state index is 13.7. The SMILES string of the molecule is CCCCOc1cccc(C2c3c(oc4cc(C)c(C)cc4c3=O)C(=O)N2c2nncs2)c1. The summed E-state index contributed by atoms with van der Waals surface area (Å²) in [5, 5.41) is 8.89. The van der Waals surface area contributed by atoms with Crippen molar-refractivity contribution in [2.45, 2.75) is 39.7 Å². The maximum atomic E-state index is 13.7. The van der Waals surface area contributed by atoms with Crippen LogP contribution in [0.2, 0.25) is 0 Å². The summed E-state index contributed by atoms with van der Waals surface area (Å²) in [5.41, 5.74) is 4.81. The Morgan fingerprint density at radius 3 is 2.73 bits per heavy atom. The Hall–Kier alpha value is -3.52. The number of carbonyl (C=O) groups is 1. The molecular formula is C25H23N3O4S. The molecule has 5 rings (SSSR count). The minimum Gasteiger partial charge on any atom is -0.494 e. The van der Waals surface area contributed by atoms with Gasteiger partial charge in [0.1, 0.15) is 16.8 Å². The monoisotopic (exact) mass is 461 g/mol. The van der Waals surface area contributed by atoms with Crippen molar-refractivity contribution < 1.29 is 13.9 Å². The molecule has 0 bridgehead atoms. The van der Waals surface area contributed by atoms with Crippen molar-refractivity contribution in [1.29, 1.82) is 0 Å². The van der Waals surface area contributed by atoms with Crippen molar-refractivity contribution in [1.82, 2.24) is 10.2 Å². The van der Waals surface area contributed by atoms with E-state index < -0.39 is 11.9 Å². The second kappa shape index (κ2) is 8.44. The first-order chi connectivity index (χ1) is 16.0. The van der Waals surface area contributed by atoms with Crippen LogP contribution in [0.15, 0.2) is 51.1 Å². The lowest BCUT2D eigenvalue weighted by atomic mass is 9.97. The van der Waals surface area contributed by atoms with Gasteiger partial charge in [0.25, 0.3) is 5.91 Å². The maximum Gasteiger partial charge on any atom is 0.297 e. The molecule has 0 saturated heterocycles. The molecule has 168 valence electrons. The summed E-state index contributed by atoms with van der Waals surface area (Å²) in [7, 11) is 0. The number of nitrogens with zero attached hydrogens (tertiary/aromatic N) is 3. The third kappa shape index (κ3) is 3.60. The minimum absolute atomic E-state index is 0.0493. The van der Waals surface area contributed by atoms with Crippen LogP contribution >= 0.6 is 11.3 Å². The van der Waals surface area contributed by atoms with Crippen molar-refractivity contribution in [3.05, 3.63) is 80.1 Å². The van der Waals surface area contributed by atoms with E-state index in [0.717, 1.165) is 29.5 Å². The number of hydrogen-bond donors (Lipinski definition) is 0. The molecule has 4 aromatic rings. The van der Waals surface area contributed by atoms with Gasteiger partial charge in [0.15, 0.2) is 5.43 Å². The van der Waals surface area contributed by atoms with Crippen LogP contribution in [0.5, 0.6) is 5.75 Å². The van der Waals surface area contributed by atoms with Crippen LogP contribution in [0.1, 0.15) is 58.6 Å². The highest BCUT2D eigenvalue weighted by Crippen LogP contribution is 2.42. The third-order valence-electron chi connectivity index (χ3n) is 5.98. The second-order valence-electron chi connectivity index (χ2n) is 8.18. The van der Waals surface area contributed by atoms with Gasteiger partial charge in [-0.15, -0.1) is 10.2 Å². The first kappa shape index (κ1) is 21.3. The summed E-state index contributed by atoms with van der Waals surface area (Å²) in [6.07, 6.45) is 1.97. The number of rotatable bonds is 6. The van der Waals surface area contributed by atoms with Crippen LogP contribution in [-0.4, -0.2) is 22.7 Å². The van der Waals surface area contributed by atoms with Crippen molar-refractivity contribution in [3.8, 4) is 5.75 Å². The van der Waals surface area contributed by atoms with E-state index in [-0.39, 0.29) is 11.2 Å². The predicted octanol–water partition coefficient (Wildman–Crippen LogP) is 5.19. The standard InChI is InChI=1S/C25H23N3O4S/c1-4-5-9-31-17-8-6-7-16(12-17)21-20-22(29)18-10-14(2)15(3)11-19(18)32-23(20)24(30)28(21)25-27-26-13-33-25/h6-8,10-13,21H,4-5,9H2,1-3H3. The fourth-order valence-corrected chi connectivity index (χ4v) is 4.71. The van der Waals surface area contributed by atoms with Crippen molar-refractivity contribution in [2.24, 2.45) is 0 Å². The predicted molar refractivity (Wildman–Crippen MR) is 127 cm³/mol. The fourth-order valence-electron chi connectivity index (χ4n) is 4.12. The zero-order valence-electron chi connectivity index (χ0n) is 18.6. The molecule has 8 heteroatoms. The highest BCUT2D eigenvalue weighted by molar-refractivity contribution is 7.13. The Morgan fingerprint density at radius 2 is 1.97 bits per heavy atom. The van der Waals surface area contributed by atoms with Gasteiger partial charge < -0.3 is 9.15 Å². The normalized spacial score (nSPS) is 15.3. The van der Waals surface area contributed by atoms with Crippen molar-refractivity contribution in [2.75, 3.05) is 11.5 Å². The fraction of sp³-hybridized carbons (Fsp3) is 0.280. The van der Waals surface area contributed by atoms with Gasteiger partial charge in [-0.3, -0.25) is 14.5 Å². The molecule has 0 fully saturated rings. The molecule has 7 nitrogen and oxygen atoms in total. The van der Waals surface area contributed by atoms with E-state index in [1.807, 2.05) is 50.2 Å². The molecule has 2 aromatic carbocycles. The largest absolute Gasteiger partial charge is 0.494 e. The molecule has 3 heterocycles. The van der Waals surface area contributed by atoms with Crippen LogP contribution in [-0.2, 0) is 0 Å². The number of aryl methyl sites for hydroxylation is 2. The van der Waals surface area contributed by atoms with Crippen LogP contribution in [0.4, 0.5) is 5.13 Å². The van der Waals surface area contributed by atoms with Gasteiger partial charge >= 0.3 is 0 Å². The molecule has 0 saturated carbocycles. The molecule has 0 aliphatic carbocycles. The molecule has 1 aliphatic rings. The number of anilines is 1. The van der Waals surface area contributed by atoms with E-state index in [2.05, 4.69) is 17.1 Å². The van der Waals surface area contributed by atoms with Gasteiger partial charge in [-0.2, -0.15) is 0 Å². The summed E-state index contributed by atoms with van der Waals surface area (Å²) in [4.78, 5) is 28.7. The van der Waals surface area contributed by atoms with E-state index in [4.69, 9.17) is 9.15 Å². The number of benzene rings is 2. The van der Waals surface area contributed by atoms with E-state index >= 15 is 0 Å². The first-order valence-corrected chi connectivity index (χ1v) is 11.8. The summed E-state index contributed by atoms with van der Waals surface area (Å²) in [6.45, 7) is 6.61. The van der Waals surface area contributed by atoms with Gasteiger partial charge in [0, 0.05) is 0 Å². The summed E-state index contributed by atoms with van der Waals surface area (Å²) in [5.74, 6) is 0.338. The highest BCUT2D eigenvalue weighted by atomic mass is 32.1. The average molecular weight is 462 g/mol. The highest BCUT2D eigenvalue weighted by Gasteiger charge is 2.45. The summed E-state index contributed by atoms with van der Waals surface area (Å²) < 4.78 is 11.9. The number of fused-ring (bicyclic) bond motifs is 2. The Morgan fingerprint density at radius 1 is 1.15 bits per heavy atom. The summed E-state index contributed by atoms with van der Waals surface area (Å²) in [6, 6.07) is 10.5. The van der Waals surface area contributed by atoms with E-state index in [0.29, 0.717) is 34.0 Å². The van der Waals surface area contributed by atoms with Crippen molar-refractivity contribution >= 4 is 33.3 Å². The van der Waals surface area contributed by atoms with Crippen LogP contribution in [0, 0.1) is 13.8 Å². The lowest BCUT2D eigenvalue weighted by Gasteiger charge is -2.22. The Bertz CT molecular complexity index is 1410. The number of ether oxygens (including phenoxy) is 1. The molecule has 1 atom stereocenters. The average Bonchev–Trinajstić information content (AvgIpc) is 3.42. The van der Waals surface area contributed by atoms with Crippen LogP contribution in [0.3, 0.4) is 0 Å². The Balaban J connectivity index is 1.72. The van der Waals surface area contributed by atoms with Gasteiger partial charge in [0.05, 0.1) is 23.6 Å². The zero-order chi connectivity index (χ0) is 23.1. The van der Waals surface area contributed by atoms with Crippen molar-refractivity contribution in [3.63, 3.8) is 0 Å². The molecule has 1 amide bonds. The molecule has 0 N–H and O–H groups in total. The number of carbonyl (C=O) groups excluding carboxylic acids is 1. The van der Waals surface area contributed by atoms with E-state index in [1.54, 1.807) is 5.51 Å². The van der Waals surface area contributed by atoms with E-state index in [9.17, 15) is 9.59 Å². The molecule has 33 heavy (non-hydrogen) atoms. The van der Waals surface area contributed by atoms with Gasteiger partial charge in [-0.25, -0.2) is 0 Å². The molecule has 2 aromatic heterocycles. The first-order valence-electron chi connectivity index (χ1n) is 10.9. The summed E-state index contributed by atoms with van der Waals surface area (Å²) >= 11 is 1.24. The Labute approximate surface area is 194 Å². The molecular weight excluding hydrogens is 438 g/mol. The molecule has 1 unspecified atom stereocenters. The number of unbranched alkanes of at least 4 members (excludes halogenated alkanes) is 1. The van der Waals surface area contributed by atoms with Crippen LogP contribution < -0.4 is 15.1 Å². The lowest BCUT2D eigenvalue weighted by Crippen LogP contribution is -2.29. The van der Waals surface area contributed by atoms with Gasteiger partial charge in [-0.1, -0.05) is 36.8 Å². The smallest absolute Gasteiger partial charge is 0.297 e. The second-order valence-corrected chi connectivity index (χ2v) is 8.99. The number of aromatic nitrogens is 2. The molecule has 0 spiro atoms. The topological polar surface area (TPSA) is 85.5 Å². The molecule has 0 radical (unpaired) electrons. The minimum atomic E-state index is -0.683. The number of amides is 1. The van der Waals surface area contributed by atoms with E-state index in [1.165, 1.54) is 16.2 Å². The van der Waals surface area contributed by atoms with Crippen LogP contribution in [0.25, 0.3) is 11.0 Å². The number of hydrogen-bond acceptors (Lipinski definition) is 7. The molecule has 1 aliphatic heterocycles.